The zero-order valence-corrected chi connectivity index (χ0v) is 11.0. The fraction of sp³-hybridized carbons (Fsp3) is 0.429. The standard InChI is InChI=1S/C14H15F2NO3/c1-9(18)10-4-2-5-11(8-10)17-12(19)14(15,16)13(20)6-3-7-13/h2,4-5,8,20H,3,6-7H2,1H3,(H,17,19). The van der Waals surface area contributed by atoms with Crippen molar-refractivity contribution in [3.05, 3.63) is 29.8 Å². The van der Waals surface area contributed by atoms with Crippen molar-refractivity contribution in [1.29, 1.82) is 0 Å². The van der Waals surface area contributed by atoms with Gasteiger partial charge in [-0.3, -0.25) is 9.59 Å². The molecule has 0 saturated heterocycles. The van der Waals surface area contributed by atoms with Gasteiger partial charge in [0.15, 0.2) is 5.78 Å². The molecule has 4 nitrogen and oxygen atoms in total. The van der Waals surface area contributed by atoms with E-state index in [9.17, 15) is 23.5 Å². The Balaban J connectivity index is 2.15. The van der Waals surface area contributed by atoms with Crippen molar-refractivity contribution < 1.29 is 23.5 Å². The SMILES string of the molecule is CC(=O)c1cccc(NC(=O)C(F)(F)C2(O)CCC2)c1. The second kappa shape index (κ2) is 4.94. The number of halogens is 2. The molecule has 0 unspecified atom stereocenters. The topological polar surface area (TPSA) is 66.4 Å². The summed E-state index contributed by atoms with van der Waals surface area (Å²) in [6, 6.07) is 5.74. The van der Waals surface area contributed by atoms with Crippen LogP contribution in [-0.2, 0) is 4.79 Å². The molecule has 0 spiro atoms. The minimum Gasteiger partial charge on any atom is -0.383 e. The first-order valence-electron chi connectivity index (χ1n) is 6.29. The monoisotopic (exact) mass is 283 g/mol. The summed E-state index contributed by atoms with van der Waals surface area (Å²) in [6.45, 7) is 1.34. The molecule has 108 valence electrons. The van der Waals surface area contributed by atoms with Gasteiger partial charge >= 0.3 is 5.92 Å². The van der Waals surface area contributed by atoms with Gasteiger partial charge in [-0.15, -0.1) is 0 Å². The van der Waals surface area contributed by atoms with Crippen LogP contribution < -0.4 is 5.32 Å². The molecule has 0 bridgehead atoms. The van der Waals surface area contributed by atoms with Crippen LogP contribution in [-0.4, -0.2) is 28.3 Å². The van der Waals surface area contributed by atoms with Crippen LogP contribution in [0.25, 0.3) is 0 Å². The predicted octanol–water partition coefficient (Wildman–Crippen LogP) is 2.38. The second-order valence-corrected chi connectivity index (χ2v) is 5.05. The van der Waals surface area contributed by atoms with Crippen LogP contribution in [0.15, 0.2) is 24.3 Å². The summed E-state index contributed by atoms with van der Waals surface area (Å²) in [5.74, 6) is -5.64. The zero-order chi connectivity index (χ0) is 15.0. The molecule has 0 heterocycles. The van der Waals surface area contributed by atoms with Crippen LogP contribution in [0.3, 0.4) is 0 Å². The lowest BCUT2D eigenvalue weighted by Crippen LogP contribution is -2.59. The van der Waals surface area contributed by atoms with Gasteiger partial charge in [0.1, 0.15) is 5.60 Å². The second-order valence-electron chi connectivity index (χ2n) is 5.05. The maximum atomic E-state index is 13.9. The fourth-order valence-electron chi connectivity index (χ4n) is 2.06. The van der Waals surface area contributed by atoms with E-state index in [0.29, 0.717) is 12.0 Å². The van der Waals surface area contributed by atoms with Crippen molar-refractivity contribution >= 4 is 17.4 Å². The van der Waals surface area contributed by atoms with Crippen molar-refractivity contribution in [2.24, 2.45) is 0 Å². The lowest BCUT2D eigenvalue weighted by atomic mass is 9.75. The summed E-state index contributed by atoms with van der Waals surface area (Å²) in [6.07, 6.45) is 0.279. The Kier molecular flexibility index (Phi) is 3.60. The van der Waals surface area contributed by atoms with Gasteiger partial charge in [-0.05, 0) is 38.3 Å². The van der Waals surface area contributed by atoms with E-state index in [4.69, 9.17) is 0 Å². The van der Waals surface area contributed by atoms with Gasteiger partial charge in [-0.25, -0.2) is 0 Å². The first-order valence-corrected chi connectivity index (χ1v) is 6.29. The third-order valence-corrected chi connectivity index (χ3v) is 3.58. The van der Waals surface area contributed by atoms with Crippen molar-refractivity contribution in [2.75, 3.05) is 5.32 Å². The number of aliphatic hydroxyl groups is 1. The number of hydrogen-bond donors (Lipinski definition) is 2. The molecule has 0 aromatic heterocycles. The quantitative estimate of drug-likeness (QED) is 0.834. The fourth-order valence-corrected chi connectivity index (χ4v) is 2.06. The maximum absolute atomic E-state index is 13.9. The molecule has 1 aliphatic carbocycles. The first kappa shape index (κ1) is 14.6. The smallest absolute Gasteiger partial charge is 0.352 e. The van der Waals surface area contributed by atoms with Gasteiger partial charge < -0.3 is 10.4 Å². The Bertz CT molecular complexity index is 553. The number of nitrogens with one attached hydrogen (secondary N) is 1. The van der Waals surface area contributed by atoms with E-state index < -0.39 is 17.4 Å². The Labute approximate surface area is 114 Å². The third kappa shape index (κ3) is 2.43. The summed E-state index contributed by atoms with van der Waals surface area (Å²) in [5, 5.41) is 11.7. The van der Waals surface area contributed by atoms with Gasteiger partial charge in [0, 0.05) is 11.3 Å². The average Bonchev–Trinajstić information content (AvgIpc) is 2.35. The third-order valence-electron chi connectivity index (χ3n) is 3.58. The highest BCUT2D eigenvalue weighted by Gasteiger charge is 2.61. The highest BCUT2D eigenvalue weighted by atomic mass is 19.3. The normalized spacial score (nSPS) is 17.2. The van der Waals surface area contributed by atoms with Crippen molar-refractivity contribution in [2.45, 2.75) is 37.7 Å². The van der Waals surface area contributed by atoms with E-state index in [2.05, 4.69) is 5.32 Å². The number of alkyl halides is 2. The summed E-state index contributed by atoms with van der Waals surface area (Å²) in [7, 11) is 0. The van der Waals surface area contributed by atoms with Crippen LogP contribution >= 0.6 is 0 Å². The van der Waals surface area contributed by atoms with Crippen LogP contribution in [0.1, 0.15) is 36.5 Å². The van der Waals surface area contributed by atoms with E-state index in [1.807, 2.05) is 0 Å². The molecule has 1 saturated carbocycles. The number of rotatable bonds is 4. The maximum Gasteiger partial charge on any atom is 0.352 e. The van der Waals surface area contributed by atoms with Gasteiger partial charge in [0.05, 0.1) is 0 Å². The number of anilines is 1. The molecular weight excluding hydrogens is 268 g/mol. The first-order chi connectivity index (χ1) is 9.26. The molecule has 1 aromatic rings. The number of ketones is 1. The van der Waals surface area contributed by atoms with Crippen LogP contribution in [0, 0.1) is 0 Å². The predicted molar refractivity (Wildman–Crippen MR) is 68.8 cm³/mol. The molecule has 1 aromatic carbocycles. The van der Waals surface area contributed by atoms with E-state index in [1.54, 1.807) is 0 Å². The molecular formula is C14H15F2NO3. The molecule has 0 aliphatic heterocycles. The van der Waals surface area contributed by atoms with Gasteiger partial charge in [0.25, 0.3) is 5.91 Å². The van der Waals surface area contributed by atoms with Gasteiger partial charge in [0.2, 0.25) is 0 Å². The Hall–Kier alpha value is -1.82. The van der Waals surface area contributed by atoms with Crippen LogP contribution in [0.5, 0.6) is 0 Å². The molecule has 6 heteroatoms. The Morgan fingerprint density at radius 2 is 2.00 bits per heavy atom. The molecule has 1 amide bonds. The van der Waals surface area contributed by atoms with Crippen molar-refractivity contribution in [1.82, 2.24) is 0 Å². The van der Waals surface area contributed by atoms with Crippen molar-refractivity contribution in [3.8, 4) is 0 Å². The van der Waals surface area contributed by atoms with Crippen LogP contribution in [0.2, 0.25) is 0 Å². The average molecular weight is 283 g/mol. The van der Waals surface area contributed by atoms with Gasteiger partial charge in [-0.2, -0.15) is 8.78 Å². The molecule has 20 heavy (non-hydrogen) atoms. The molecule has 1 aliphatic rings. The summed E-state index contributed by atoms with van der Waals surface area (Å²) < 4.78 is 27.7. The number of benzene rings is 1. The largest absolute Gasteiger partial charge is 0.383 e. The summed E-state index contributed by atoms with van der Waals surface area (Å²) in [4.78, 5) is 22.8. The number of carbonyl (C=O) groups is 2. The van der Waals surface area contributed by atoms with E-state index >= 15 is 0 Å². The van der Waals surface area contributed by atoms with Crippen molar-refractivity contribution in [3.63, 3.8) is 0 Å². The summed E-state index contributed by atoms with van der Waals surface area (Å²) in [5.41, 5.74) is -1.84. The zero-order valence-electron chi connectivity index (χ0n) is 11.0. The highest BCUT2D eigenvalue weighted by molar-refractivity contribution is 5.99. The molecule has 0 atom stereocenters. The highest BCUT2D eigenvalue weighted by Crippen LogP contribution is 2.44. The molecule has 2 rings (SSSR count). The Morgan fingerprint density at radius 1 is 1.35 bits per heavy atom. The Morgan fingerprint density at radius 3 is 2.50 bits per heavy atom. The van der Waals surface area contributed by atoms with E-state index in [0.717, 1.165) is 0 Å². The minimum atomic E-state index is -3.85. The van der Waals surface area contributed by atoms with Gasteiger partial charge in [-0.1, -0.05) is 12.1 Å². The summed E-state index contributed by atoms with van der Waals surface area (Å²) >= 11 is 0. The number of amides is 1. The number of Topliss-reactive ketones (excluding diaryl/α,β-unsaturated/α-hetero) is 1. The number of hydrogen-bond acceptors (Lipinski definition) is 3. The van der Waals surface area contributed by atoms with Crippen LogP contribution in [0.4, 0.5) is 14.5 Å². The molecule has 1 fully saturated rings. The van der Waals surface area contributed by atoms with E-state index in [-0.39, 0.29) is 24.3 Å². The lowest BCUT2D eigenvalue weighted by Gasteiger charge is -2.41. The number of carbonyl (C=O) groups excluding carboxylic acids is 2. The lowest BCUT2D eigenvalue weighted by molar-refractivity contribution is -0.212. The van der Waals surface area contributed by atoms with E-state index in [1.165, 1.54) is 31.2 Å². The molecule has 0 radical (unpaired) electrons. The molecule has 2 N–H and O–H groups in total. The minimum absolute atomic E-state index is 0.0963.